The molecule has 0 spiro atoms. The number of allylic oxidation sites excluding steroid dienone is 2. The summed E-state index contributed by atoms with van der Waals surface area (Å²) in [5.41, 5.74) is 3.01. The minimum atomic E-state index is -0.0594. The lowest BCUT2D eigenvalue weighted by atomic mass is 9.69. The Kier molecular flexibility index (Phi) is 20.2. The maximum absolute atomic E-state index is 12.9. The molecule has 6 atom stereocenters. The number of rotatable bonds is 21. The molecule has 0 aromatic carbocycles. The summed E-state index contributed by atoms with van der Waals surface area (Å²) in [6.45, 7) is 49.1. The van der Waals surface area contributed by atoms with E-state index in [1.165, 1.54) is 19.3 Å². The van der Waals surface area contributed by atoms with Gasteiger partial charge in [0.2, 0.25) is 0 Å². The van der Waals surface area contributed by atoms with Crippen LogP contribution in [0.3, 0.4) is 0 Å². The molecule has 7 nitrogen and oxygen atoms in total. The summed E-state index contributed by atoms with van der Waals surface area (Å²) >= 11 is 0. The van der Waals surface area contributed by atoms with E-state index in [9.17, 15) is 9.59 Å². The third kappa shape index (κ3) is 14.6. The number of piperidine rings is 1. The highest BCUT2D eigenvalue weighted by atomic mass is 16.1. The average molecular weight is 762 g/mol. The monoisotopic (exact) mass is 762 g/mol. The second-order valence-corrected chi connectivity index (χ2v) is 18.6. The van der Waals surface area contributed by atoms with E-state index >= 15 is 0 Å². The van der Waals surface area contributed by atoms with Gasteiger partial charge in [-0.25, -0.2) is 0 Å². The second-order valence-electron chi connectivity index (χ2n) is 18.6. The molecule has 2 aliphatic carbocycles. The smallest absolute Gasteiger partial charge is 0.180 e. The second kappa shape index (κ2) is 22.4. The number of hydrogen-bond acceptors (Lipinski definition) is 7. The van der Waals surface area contributed by atoms with Gasteiger partial charge in [-0.15, -0.1) is 18.9 Å². The predicted molar refractivity (Wildman–Crippen MR) is 237 cm³/mol. The van der Waals surface area contributed by atoms with E-state index in [4.69, 9.17) is 13.0 Å². The van der Waals surface area contributed by atoms with Crippen LogP contribution in [0.4, 0.5) is 0 Å². The molecule has 3 rings (SSSR count). The van der Waals surface area contributed by atoms with Crippen LogP contribution in [0, 0.1) is 52.3 Å². The van der Waals surface area contributed by atoms with Crippen molar-refractivity contribution in [1.29, 1.82) is 0 Å². The van der Waals surface area contributed by atoms with Gasteiger partial charge in [0.1, 0.15) is 0 Å². The van der Waals surface area contributed by atoms with Gasteiger partial charge in [-0.2, -0.15) is 0 Å². The van der Waals surface area contributed by atoms with Crippen molar-refractivity contribution < 1.29 is 9.59 Å². The van der Waals surface area contributed by atoms with Gasteiger partial charge in [0.25, 0.3) is 0 Å². The summed E-state index contributed by atoms with van der Waals surface area (Å²) in [6, 6.07) is 0.235. The number of fused-ring (bicyclic) bond motifs is 1. The highest BCUT2D eigenvalue weighted by Gasteiger charge is 2.68. The zero-order valence-electron chi connectivity index (χ0n) is 37.5. The van der Waals surface area contributed by atoms with Gasteiger partial charge in [-0.1, -0.05) is 128 Å². The van der Waals surface area contributed by atoms with Gasteiger partial charge in [0.15, 0.2) is 11.6 Å². The van der Waals surface area contributed by atoms with Gasteiger partial charge < -0.3 is 26.2 Å². The van der Waals surface area contributed by atoms with Crippen LogP contribution >= 0.6 is 0 Å². The number of nitrogens with zero attached hydrogens (tertiary/aromatic N) is 1. The molecule has 0 amide bonds. The first-order valence-electron chi connectivity index (χ1n) is 21.2. The Labute approximate surface area is 339 Å². The summed E-state index contributed by atoms with van der Waals surface area (Å²) in [7, 11) is 0. The van der Waals surface area contributed by atoms with Gasteiger partial charge in [0, 0.05) is 49.4 Å². The van der Waals surface area contributed by atoms with Crippen LogP contribution in [0.15, 0.2) is 61.9 Å². The zero-order chi connectivity index (χ0) is 42.3. The number of likely N-dealkylation sites (tertiary alicyclic amines) is 1. The highest BCUT2D eigenvalue weighted by Crippen LogP contribution is 2.65. The van der Waals surface area contributed by atoms with Crippen molar-refractivity contribution in [1.82, 2.24) is 26.2 Å². The van der Waals surface area contributed by atoms with Crippen LogP contribution in [-0.2, 0) is 9.59 Å². The van der Waals surface area contributed by atoms with Crippen LogP contribution in [0.1, 0.15) is 141 Å². The fourth-order valence-corrected chi connectivity index (χ4v) is 8.44. The first-order chi connectivity index (χ1) is 25.6. The van der Waals surface area contributed by atoms with Crippen molar-refractivity contribution in [2.24, 2.45) is 39.9 Å². The molecule has 1 aliphatic heterocycles. The summed E-state index contributed by atoms with van der Waals surface area (Å²) in [6.07, 6.45) is 16.2. The fourth-order valence-electron chi connectivity index (χ4n) is 8.44. The minimum absolute atomic E-state index is 0.0297. The number of Topliss-reactive ketones (excluding diaryl/α,β-unsaturated/α-hetero) is 2. The topological polar surface area (TPSA) is 85.5 Å². The molecule has 4 N–H and O–H groups in total. The minimum Gasteiger partial charge on any atom is -0.389 e. The highest BCUT2D eigenvalue weighted by molar-refractivity contribution is 5.95. The molecule has 0 radical (unpaired) electrons. The Morgan fingerprint density at radius 2 is 1.56 bits per heavy atom. The molecular weight excluding hydrogens is 679 g/mol. The third-order valence-corrected chi connectivity index (χ3v) is 12.2. The maximum Gasteiger partial charge on any atom is 0.180 e. The molecule has 312 valence electrons. The van der Waals surface area contributed by atoms with Crippen molar-refractivity contribution in [3.63, 3.8) is 0 Å². The Morgan fingerprint density at radius 1 is 0.964 bits per heavy atom. The van der Waals surface area contributed by atoms with E-state index in [-0.39, 0.29) is 51.9 Å². The largest absolute Gasteiger partial charge is 0.389 e. The van der Waals surface area contributed by atoms with Crippen molar-refractivity contribution in [2.75, 3.05) is 19.6 Å². The maximum atomic E-state index is 12.9. The van der Waals surface area contributed by atoms with Crippen LogP contribution in [-0.4, -0.2) is 54.2 Å². The first-order valence-corrected chi connectivity index (χ1v) is 21.2. The zero-order valence-corrected chi connectivity index (χ0v) is 37.5. The Balaban J connectivity index is 0.000000797. The number of nitrogens with one attached hydrogen (secondary N) is 4. The molecule has 55 heavy (non-hydrogen) atoms. The molecule has 1 saturated heterocycles. The molecule has 2 saturated carbocycles. The third-order valence-electron chi connectivity index (χ3n) is 12.2. The SMILES string of the molecule is C#CCCC(C)C(=O)C(=C)NCC=C.C=C(CCC(NC(=C)NC(C(=C)N1C[C@H]2[C@@H](C1C(C)=O)C2(C)C)C1(C)CCCCC1)C(C)(C)C)NCC(C)C.CC. The van der Waals surface area contributed by atoms with Gasteiger partial charge in [-0.05, 0) is 73.0 Å². The lowest BCUT2D eigenvalue weighted by Gasteiger charge is -2.47. The predicted octanol–water partition coefficient (Wildman–Crippen LogP) is 9.91. The van der Waals surface area contributed by atoms with E-state index < -0.39 is 0 Å². The molecule has 0 aromatic rings. The molecule has 3 fully saturated rings. The van der Waals surface area contributed by atoms with E-state index in [0.717, 1.165) is 56.0 Å². The van der Waals surface area contributed by atoms with Crippen LogP contribution in [0.25, 0.3) is 0 Å². The molecule has 1 heterocycles. The lowest BCUT2D eigenvalue weighted by molar-refractivity contribution is -0.122. The summed E-state index contributed by atoms with van der Waals surface area (Å²) < 4.78 is 0. The van der Waals surface area contributed by atoms with Gasteiger partial charge in [0.05, 0.1) is 23.6 Å². The van der Waals surface area contributed by atoms with Crippen LogP contribution in [0.2, 0.25) is 0 Å². The van der Waals surface area contributed by atoms with Crippen molar-refractivity contribution in [3.8, 4) is 12.3 Å². The van der Waals surface area contributed by atoms with Crippen molar-refractivity contribution in [3.05, 3.63) is 61.9 Å². The Hall–Kier alpha value is -3.40. The molecule has 7 heteroatoms. The normalized spacial score (nSPS) is 22.0. The number of carbonyl (C=O) groups is 2. The summed E-state index contributed by atoms with van der Waals surface area (Å²) in [5, 5.41) is 14.0. The molecule has 4 unspecified atom stereocenters. The number of hydrogen-bond donors (Lipinski definition) is 4. The lowest BCUT2D eigenvalue weighted by Crippen LogP contribution is -2.54. The first kappa shape index (κ1) is 49.6. The number of carbonyl (C=O) groups excluding carboxylic acids is 2. The molecular formula is C48H83N5O2. The summed E-state index contributed by atoms with van der Waals surface area (Å²) in [4.78, 5) is 26.9. The summed E-state index contributed by atoms with van der Waals surface area (Å²) in [5.74, 6) is 5.24. The quantitative estimate of drug-likeness (QED) is 0.0527. The molecule has 0 aromatic heterocycles. The van der Waals surface area contributed by atoms with E-state index in [0.29, 0.717) is 42.8 Å². The van der Waals surface area contributed by atoms with E-state index in [1.807, 2.05) is 20.8 Å². The van der Waals surface area contributed by atoms with Crippen LogP contribution in [0.5, 0.6) is 0 Å². The van der Waals surface area contributed by atoms with Crippen LogP contribution < -0.4 is 21.3 Å². The Bertz CT molecular complexity index is 1350. The molecule has 3 aliphatic rings. The van der Waals surface area contributed by atoms with Gasteiger partial charge >= 0.3 is 0 Å². The molecule has 0 bridgehead atoms. The van der Waals surface area contributed by atoms with Crippen molar-refractivity contribution in [2.45, 2.75) is 159 Å². The average Bonchev–Trinajstić information content (AvgIpc) is 3.42. The fraction of sp³-hybridized carbons (Fsp3) is 0.708. The number of terminal acetylenes is 1. The standard InChI is InChI=1S/C34H60N4O.C12H17NO.C2H6/c1-22(2)20-35-23(3)16-17-28(32(7,8)9)36-26(6)37-31(34(12)18-14-13-15-19-34)24(4)38-21-27-29(33(27,10)11)30(38)25(5)39;1-5-7-8-10(3)12(14)11(4)13-9-6-2;1-2/h22,27-31,35-37H,3-4,6,13-21H2,1-2,5,7-12H3;1,6,10,13H,2,4,7-9H2,3H3;1-2H3/t27-,28?,29-,30?,31?;;/m0../s1. The van der Waals surface area contributed by atoms with E-state index in [1.54, 1.807) is 13.0 Å². The Morgan fingerprint density at radius 3 is 2.07 bits per heavy atom. The van der Waals surface area contributed by atoms with Crippen molar-refractivity contribution >= 4 is 11.6 Å². The van der Waals surface area contributed by atoms with E-state index in [2.05, 4.69) is 114 Å². The van der Waals surface area contributed by atoms with Gasteiger partial charge in [-0.3, -0.25) is 9.59 Å². The number of ketones is 2.